The standard InChI is InChI=1S/C16H20N6O/c1-12(16-19-13(2)20-23-16)22-5-3-21(4-6-22)11-15-7-14(8-17)9-18-10-15/h7,9-10,12H,3-6,11H2,1-2H3. The van der Waals surface area contributed by atoms with Gasteiger partial charge in [0.1, 0.15) is 6.07 Å². The van der Waals surface area contributed by atoms with Crippen molar-refractivity contribution in [1.82, 2.24) is 24.9 Å². The Labute approximate surface area is 135 Å². The lowest BCUT2D eigenvalue weighted by molar-refractivity contribution is 0.0845. The third-order valence-electron chi connectivity index (χ3n) is 4.19. The van der Waals surface area contributed by atoms with Crippen LogP contribution in [0.4, 0.5) is 0 Å². The van der Waals surface area contributed by atoms with Gasteiger partial charge in [-0.3, -0.25) is 14.8 Å². The van der Waals surface area contributed by atoms with Crippen LogP contribution in [0.15, 0.2) is 23.0 Å². The fourth-order valence-corrected chi connectivity index (χ4v) is 2.84. The van der Waals surface area contributed by atoms with E-state index in [9.17, 15) is 0 Å². The monoisotopic (exact) mass is 312 g/mol. The Bertz CT molecular complexity index is 699. The van der Waals surface area contributed by atoms with Crippen molar-refractivity contribution in [3.8, 4) is 6.07 Å². The minimum Gasteiger partial charge on any atom is -0.338 e. The largest absolute Gasteiger partial charge is 0.338 e. The quantitative estimate of drug-likeness (QED) is 0.846. The Morgan fingerprint density at radius 3 is 2.74 bits per heavy atom. The summed E-state index contributed by atoms with van der Waals surface area (Å²) >= 11 is 0. The molecule has 7 heteroatoms. The van der Waals surface area contributed by atoms with Crippen LogP contribution in [0.1, 0.15) is 35.8 Å². The van der Waals surface area contributed by atoms with E-state index in [0.717, 1.165) is 38.3 Å². The molecular formula is C16H20N6O. The molecule has 1 atom stereocenters. The summed E-state index contributed by atoms with van der Waals surface area (Å²) in [7, 11) is 0. The first kappa shape index (κ1) is 15.6. The molecule has 0 N–H and O–H groups in total. The lowest BCUT2D eigenvalue weighted by Crippen LogP contribution is -2.46. The summed E-state index contributed by atoms with van der Waals surface area (Å²) in [6, 6.07) is 4.18. The molecular weight excluding hydrogens is 292 g/mol. The Morgan fingerprint density at radius 2 is 2.09 bits per heavy atom. The minimum absolute atomic E-state index is 0.141. The first-order valence-corrected chi connectivity index (χ1v) is 7.76. The lowest BCUT2D eigenvalue weighted by atomic mass is 10.2. The van der Waals surface area contributed by atoms with Crippen LogP contribution in [-0.4, -0.2) is 51.1 Å². The summed E-state index contributed by atoms with van der Waals surface area (Å²) in [5, 5.41) is 12.8. The molecule has 2 aromatic rings. The molecule has 7 nitrogen and oxygen atoms in total. The molecule has 3 heterocycles. The van der Waals surface area contributed by atoms with Gasteiger partial charge in [-0.05, 0) is 25.5 Å². The van der Waals surface area contributed by atoms with Gasteiger partial charge in [0.15, 0.2) is 5.82 Å². The molecule has 1 aliphatic rings. The van der Waals surface area contributed by atoms with Crippen molar-refractivity contribution in [2.45, 2.75) is 26.4 Å². The molecule has 0 aliphatic carbocycles. The Kier molecular flexibility index (Phi) is 4.65. The fraction of sp³-hybridized carbons (Fsp3) is 0.500. The number of hydrogen-bond donors (Lipinski definition) is 0. The number of nitrogens with zero attached hydrogens (tertiary/aromatic N) is 6. The predicted octanol–water partition coefficient (Wildman–Crippen LogP) is 1.52. The maximum Gasteiger partial charge on any atom is 0.243 e. The highest BCUT2D eigenvalue weighted by Gasteiger charge is 2.25. The van der Waals surface area contributed by atoms with Crippen LogP contribution in [0, 0.1) is 18.3 Å². The molecule has 0 spiro atoms. The molecule has 0 aromatic carbocycles. The second-order valence-corrected chi connectivity index (χ2v) is 5.86. The Morgan fingerprint density at radius 1 is 1.30 bits per heavy atom. The maximum absolute atomic E-state index is 8.94. The van der Waals surface area contributed by atoms with Gasteiger partial charge in [0.25, 0.3) is 0 Å². The second kappa shape index (κ2) is 6.86. The van der Waals surface area contributed by atoms with Crippen molar-refractivity contribution >= 4 is 0 Å². The van der Waals surface area contributed by atoms with Crippen LogP contribution in [0.2, 0.25) is 0 Å². The van der Waals surface area contributed by atoms with Crippen LogP contribution < -0.4 is 0 Å². The average molecular weight is 312 g/mol. The number of nitriles is 1. The van der Waals surface area contributed by atoms with E-state index in [1.54, 1.807) is 6.20 Å². The minimum atomic E-state index is 0.141. The van der Waals surface area contributed by atoms with Crippen LogP contribution in [0.3, 0.4) is 0 Å². The van der Waals surface area contributed by atoms with Crippen molar-refractivity contribution in [3.05, 3.63) is 41.3 Å². The van der Waals surface area contributed by atoms with Crippen LogP contribution >= 0.6 is 0 Å². The topological polar surface area (TPSA) is 82.1 Å². The number of rotatable bonds is 4. The van der Waals surface area contributed by atoms with Gasteiger partial charge in [-0.2, -0.15) is 10.2 Å². The number of pyridine rings is 1. The van der Waals surface area contributed by atoms with Gasteiger partial charge in [0, 0.05) is 45.1 Å². The van der Waals surface area contributed by atoms with Crippen molar-refractivity contribution in [2.75, 3.05) is 26.2 Å². The van der Waals surface area contributed by atoms with E-state index < -0.39 is 0 Å². The normalized spacial score (nSPS) is 17.8. The van der Waals surface area contributed by atoms with Gasteiger partial charge in [-0.25, -0.2) is 0 Å². The number of aryl methyl sites for hydroxylation is 1. The van der Waals surface area contributed by atoms with Gasteiger partial charge in [0.2, 0.25) is 5.89 Å². The summed E-state index contributed by atoms with van der Waals surface area (Å²) in [5.41, 5.74) is 1.69. The first-order chi connectivity index (χ1) is 11.2. The highest BCUT2D eigenvalue weighted by atomic mass is 16.5. The van der Waals surface area contributed by atoms with Gasteiger partial charge >= 0.3 is 0 Å². The molecule has 2 aromatic heterocycles. The van der Waals surface area contributed by atoms with E-state index >= 15 is 0 Å². The molecule has 0 bridgehead atoms. The van der Waals surface area contributed by atoms with Crippen molar-refractivity contribution < 1.29 is 4.52 Å². The molecule has 0 radical (unpaired) electrons. The van der Waals surface area contributed by atoms with E-state index in [4.69, 9.17) is 9.78 Å². The molecule has 3 rings (SSSR count). The predicted molar refractivity (Wildman–Crippen MR) is 83.3 cm³/mol. The van der Waals surface area contributed by atoms with Crippen LogP contribution in [-0.2, 0) is 6.54 Å². The third-order valence-corrected chi connectivity index (χ3v) is 4.19. The maximum atomic E-state index is 8.94. The molecule has 120 valence electrons. The van der Waals surface area contributed by atoms with Gasteiger partial charge in [0.05, 0.1) is 11.6 Å². The molecule has 1 unspecified atom stereocenters. The van der Waals surface area contributed by atoms with E-state index in [2.05, 4.69) is 37.9 Å². The summed E-state index contributed by atoms with van der Waals surface area (Å²) in [4.78, 5) is 13.2. The molecule has 23 heavy (non-hydrogen) atoms. The zero-order valence-corrected chi connectivity index (χ0v) is 13.4. The zero-order chi connectivity index (χ0) is 16.2. The number of piperazine rings is 1. The summed E-state index contributed by atoms with van der Waals surface area (Å²) in [6.07, 6.45) is 3.42. The lowest BCUT2D eigenvalue weighted by Gasteiger charge is -2.36. The highest BCUT2D eigenvalue weighted by molar-refractivity contribution is 5.28. The number of aromatic nitrogens is 3. The van der Waals surface area contributed by atoms with Gasteiger partial charge < -0.3 is 4.52 Å². The smallest absolute Gasteiger partial charge is 0.243 e. The first-order valence-electron chi connectivity index (χ1n) is 7.76. The van der Waals surface area contributed by atoms with E-state index in [0.29, 0.717) is 17.3 Å². The van der Waals surface area contributed by atoms with Gasteiger partial charge in [-0.15, -0.1) is 0 Å². The highest BCUT2D eigenvalue weighted by Crippen LogP contribution is 2.20. The Balaban J connectivity index is 1.55. The van der Waals surface area contributed by atoms with Crippen molar-refractivity contribution in [3.63, 3.8) is 0 Å². The second-order valence-electron chi connectivity index (χ2n) is 5.86. The zero-order valence-electron chi connectivity index (χ0n) is 13.4. The van der Waals surface area contributed by atoms with Crippen molar-refractivity contribution in [2.24, 2.45) is 0 Å². The van der Waals surface area contributed by atoms with E-state index in [1.807, 2.05) is 19.2 Å². The van der Waals surface area contributed by atoms with E-state index in [1.165, 1.54) is 0 Å². The van der Waals surface area contributed by atoms with Gasteiger partial charge in [-0.1, -0.05) is 5.16 Å². The SMILES string of the molecule is Cc1noc(C(C)N2CCN(Cc3cncc(C#N)c3)CC2)n1. The molecule has 0 amide bonds. The average Bonchev–Trinajstić information content (AvgIpc) is 3.01. The summed E-state index contributed by atoms with van der Waals surface area (Å²) in [6.45, 7) is 8.60. The van der Waals surface area contributed by atoms with E-state index in [-0.39, 0.29) is 6.04 Å². The summed E-state index contributed by atoms with van der Waals surface area (Å²) in [5.74, 6) is 1.36. The molecule has 1 fully saturated rings. The summed E-state index contributed by atoms with van der Waals surface area (Å²) < 4.78 is 5.27. The molecule has 0 saturated carbocycles. The third kappa shape index (κ3) is 3.73. The Hall–Kier alpha value is -2.30. The van der Waals surface area contributed by atoms with Crippen LogP contribution in [0.5, 0.6) is 0 Å². The van der Waals surface area contributed by atoms with Crippen LogP contribution in [0.25, 0.3) is 0 Å². The number of hydrogen-bond acceptors (Lipinski definition) is 7. The molecule has 1 saturated heterocycles. The fourth-order valence-electron chi connectivity index (χ4n) is 2.84. The molecule has 1 aliphatic heterocycles. The van der Waals surface area contributed by atoms with Crippen molar-refractivity contribution in [1.29, 1.82) is 5.26 Å².